The normalized spacial score (nSPS) is 26.9. The molecule has 8 heteroatoms. The summed E-state index contributed by atoms with van der Waals surface area (Å²) < 4.78 is 10.6. The first-order valence-electron chi connectivity index (χ1n) is 6.42. The molecule has 1 heterocycles. The van der Waals surface area contributed by atoms with Crippen molar-refractivity contribution in [2.45, 2.75) is 49.0 Å². The van der Waals surface area contributed by atoms with Gasteiger partial charge < -0.3 is 9.47 Å². The monoisotopic (exact) mass is 414 g/mol. The van der Waals surface area contributed by atoms with E-state index in [2.05, 4.69) is 31.9 Å². The summed E-state index contributed by atoms with van der Waals surface area (Å²) in [7, 11) is 3.04. The molecule has 0 spiro atoms. The molecule has 0 radical (unpaired) electrons. The van der Waals surface area contributed by atoms with E-state index in [4.69, 9.17) is 9.47 Å². The predicted octanol–water partition coefficient (Wildman–Crippen LogP) is 1.86. The van der Waals surface area contributed by atoms with Gasteiger partial charge in [0, 0.05) is 14.2 Å². The van der Waals surface area contributed by atoms with Gasteiger partial charge in [-0.2, -0.15) is 0 Å². The van der Waals surface area contributed by atoms with Gasteiger partial charge in [0.05, 0.1) is 0 Å². The van der Waals surface area contributed by atoms with Crippen molar-refractivity contribution >= 4 is 43.7 Å². The molecular weight excluding hydrogens is 396 g/mol. The third-order valence-corrected chi connectivity index (χ3v) is 4.93. The van der Waals surface area contributed by atoms with Crippen LogP contribution >= 0.6 is 31.9 Å². The van der Waals surface area contributed by atoms with Crippen molar-refractivity contribution in [3.05, 3.63) is 0 Å². The van der Waals surface area contributed by atoms with Gasteiger partial charge in [0.2, 0.25) is 0 Å². The summed E-state index contributed by atoms with van der Waals surface area (Å²) in [6, 6.07) is 0. The van der Waals surface area contributed by atoms with E-state index < -0.39 is 22.4 Å². The number of ether oxygens (including phenoxy) is 2. The lowest BCUT2D eigenvalue weighted by Crippen LogP contribution is -2.66. The van der Waals surface area contributed by atoms with E-state index in [-0.39, 0.29) is 11.8 Å². The van der Waals surface area contributed by atoms with Crippen LogP contribution in [0.2, 0.25) is 0 Å². The van der Waals surface area contributed by atoms with Crippen LogP contribution < -0.4 is 0 Å². The van der Waals surface area contributed by atoms with Gasteiger partial charge in [0.1, 0.15) is 12.5 Å². The minimum atomic E-state index is -0.752. The highest BCUT2D eigenvalue weighted by atomic mass is 79.9. The maximum Gasteiger partial charge on any atom is 0.259 e. The summed E-state index contributed by atoms with van der Waals surface area (Å²) in [4.78, 5) is 26.3. The number of carbonyl (C=O) groups is 2. The highest BCUT2D eigenvalue weighted by Crippen LogP contribution is 2.30. The van der Waals surface area contributed by atoms with E-state index in [1.165, 1.54) is 24.0 Å². The van der Waals surface area contributed by atoms with Crippen molar-refractivity contribution in [3.8, 4) is 0 Å². The van der Waals surface area contributed by atoms with Gasteiger partial charge in [-0.3, -0.25) is 19.4 Å². The zero-order valence-electron chi connectivity index (χ0n) is 12.0. The summed E-state index contributed by atoms with van der Waals surface area (Å²) >= 11 is 6.59. The topological polar surface area (TPSA) is 59.1 Å². The number of rotatable bonds is 6. The number of carbonyl (C=O) groups excluding carboxylic acids is 2. The van der Waals surface area contributed by atoms with Crippen LogP contribution in [0, 0.1) is 0 Å². The highest BCUT2D eigenvalue weighted by Gasteiger charge is 2.48. The van der Waals surface area contributed by atoms with Gasteiger partial charge >= 0.3 is 0 Å². The quantitative estimate of drug-likeness (QED) is 0.490. The number of piperazine rings is 1. The lowest BCUT2D eigenvalue weighted by atomic mass is 10.2. The van der Waals surface area contributed by atoms with E-state index in [1.807, 2.05) is 13.8 Å². The van der Waals surface area contributed by atoms with E-state index in [0.29, 0.717) is 12.8 Å². The van der Waals surface area contributed by atoms with Crippen molar-refractivity contribution < 1.29 is 19.1 Å². The summed E-state index contributed by atoms with van der Waals surface area (Å²) in [5.41, 5.74) is 0. The van der Waals surface area contributed by atoms with Crippen LogP contribution in [0.15, 0.2) is 0 Å². The molecule has 0 bridgehead atoms. The maximum absolute atomic E-state index is 12.5. The molecule has 0 saturated carbocycles. The molecule has 0 aromatic rings. The Bertz CT molecular complexity index is 327. The summed E-state index contributed by atoms with van der Waals surface area (Å²) in [5.74, 6) is -0.452. The van der Waals surface area contributed by atoms with E-state index in [0.717, 1.165) is 0 Å². The van der Waals surface area contributed by atoms with Gasteiger partial charge in [-0.25, -0.2) is 0 Å². The molecule has 0 N–H and O–H groups in total. The van der Waals surface area contributed by atoms with Crippen molar-refractivity contribution in [2.75, 3.05) is 14.2 Å². The Hall–Kier alpha value is -0.180. The fourth-order valence-corrected chi connectivity index (χ4v) is 3.64. The Morgan fingerprint density at radius 2 is 1.25 bits per heavy atom. The Morgan fingerprint density at radius 1 is 0.950 bits per heavy atom. The predicted molar refractivity (Wildman–Crippen MR) is 81.3 cm³/mol. The van der Waals surface area contributed by atoms with Crippen LogP contribution in [0.3, 0.4) is 0 Å². The first-order chi connectivity index (χ1) is 9.44. The number of halogens is 2. The fraction of sp³-hybridized carbons (Fsp3) is 0.833. The van der Waals surface area contributed by atoms with Crippen LogP contribution in [0.1, 0.15) is 26.7 Å². The molecule has 0 aromatic heterocycles. The SMILES string of the molecule is CCC(OC)N1C(=O)C(Br)N(C(CC)OC)C(=O)C1Br. The van der Waals surface area contributed by atoms with Crippen molar-refractivity contribution in [3.63, 3.8) is 0 Å². The van der Waals surface area contributed by atoms with E-state index in [9.17, 15) is 9.59 Å². The Labute approximate surface area is 136 Å². The van der Waals surface area contributed by atoms with Gasteiger partial charge in [-0.15, -0.1) is 0 Å². The number of hydrogen-bond donors (Lipinski definition) is 0. The Balaban J connectivity index is 3.08. The average Bonchev–Trinajstić information content (AvgIpc) is 2.46. The molecule has 4 atom stereocenters. The van der Waals surface area contributed by atoms with Gasteiger partial charge in [-0.1, -0.05) is 45.7 Å². The zero-order valence-corrected chi connectivity index (χ0v) is 15.2. The van der Waals surface area contributed by atoms with Crippen LogP contribution in [0.5, 0.6) is 0 Å². The second kappa shape index (κ2) is 7.72. The maximum atomic E-state index is 12.5. The molecule has 116 valence electrons. The number of amides is 2. The minimum Gasteiger partial charge on any atom is -0.361 e. The average molecular weight is 416 g/mol. The Morgan fingerprint density at radius 3 is 1.45 bits per heavy atom. The van der Waals surface area contributed by atoms with Crippen LogP contribution in [0.25, 0.3) is 0 Å². The summed E-state index contributed by atoms with van der Waals surface area (Å²) in [6.45, 7) is 3.79. The fourth-order valence-electron chi connectivity index (χ4n) is 2.24. The molecule has 2 amide bonds. The summed E-state index contributed by atoms with van der Waals surface area (Å²) in [5, 5.41) is 0. The third kappa shape index (κ3) is 3.18. The molecule has 0 aromatic carbocycles. The molecule has 1 aliphatic heterocycles. The van der Waals surface area contributed by atoms with Crippen LogP contribution in [-0.4, -0.2) is 58.2 Å². The lowest BCUT2D eigenvalue weighted by Gasteiger charge is -2.45. The minimum absolute atomic E-state index is 0.226. The molecule has 1 fully saturated rings. The Kier molecular flexibility index (Phi) is 6.90. The smallest absolute Gasteiger partial charge is 0.259 e. The largest absolute Gasteiger partial charge is 0.361 e. The van der Waals surface area contributed by atoms with Crippen LogP contribution in [-0.2, 0) is 19.1 Å². The first-order valence-corrected chi connectivity index (χ1v) is 8.25. The summed E-state index contributed by atoms with van der Waals surface area (Å²) in [6.07, 6.45) is 0.304. The van der Waals surface area contributed by atoms with Crippen molar-refractivity contribution in [1.29, 1.82) is 0 Å². The second-order valence-electron chi connectivity index (χ2n) is 4.36. The van der Waals surface area contributed by atoms with Crippen molar-refractivity contribution in [1.82, 2.24) is 9.80 Å². The first kappa shape index (κ1) is 17.9. The molecular formula is C12H20Br2N2O4. The number of hydrogen-bond acceptors (Lipinski definition) is 4. The molecule has 1 aliphatic rings. The van der Waals surface area contributed by atoms with Crippen molar-refractivity contribution in [2.24, 2.45) is 0 Å². The molecule has 6 nitrogen and oxygen atoms in total. The van der Waals surface area contributed by atoms with Gasteiger partial charge in [-0.05, 0) is 12.8 Å². The van der Waals surface area contributed by atoms with Crippen LogP contribution in [0.4, 0.5) is 0 Å². The standard InChI is InChI=1S/C12H20Br2N2O4/c1-5-7(19-3)15-9(13)12(18)16(8(6-2)20-4)10(14)11(15)17/h7-10H,5-6H2,1-4H3. The number of nitrogens with zero attached hydrogens (tertiary/aromatic N) is 2. The zero-order chi connectivity index (χ0) is 15.4. The molecule has 1 saturated heterocycles. The third-order valence-electron chi connectivity index (χ3n) is 3.27. The highest BCUT2D eigenvalue weighted by molar-refractivity contribution is 9.10. The number of alkyl halides is 2. The van der Waals surface area contributed by atoms with Gasteiger partial charge in [0.25, 0.3) is 11.8 Å². The molecule has 1 rings (SSSR count). The van der Waals surface area contributed by atoms with Gasteiger partial charge in [0.15, 0.2) is 9.90 Å². The van der Waals surface area contributed by atoms with E-state index >= 15 is 0 Å². The molecule has 0 aliphatic carbocycles. The number of methoxy groups -OCH3 is 2. The molecule has 20 heavy (non-hydrogen) atoms. The second-order valence-corrected chi connectivity index (χ2v) is 6.09. The lowest BCUT2D eigenvalue weighted by molar-refractivity contribution is -0.175. The van der Waals surface area contributed by atoms with E-state index in [1.54, 1.807) is 0 Å². The molecule has 4 unspecified atom stereocenters.